The zero-order valence-electron chi connectivity index (χ0n) is 26.5. The van der Waals surface area contributed by atoms with Crippen LogP contribution < -0.4 is 0 Å². The third kappa shape index (κ3) is 5.45. The van der Waals surface area contributed by atoms with Crippen LogP contribution in [0, 0.1) is 0 Å². The summed E-state index contributed by atoms with van der Waals surface area (Å²) in [6.07, 6.45) is 0. The summed E-state index contributed by atoms with van der Waals surface area (Å²) in [6.45, 7) is 0. The molecular weight excluding hydrogens is 599 g/mol. The van der Waals surface area contributed by atoms with Crippen LogP contribution in [-0.4, -0.2) is 15.0 Å². The molecule has 2 heterocycles. The van der Waals surface area contributed by atoms with Crippen LogP contribution in [0.4, 0.5) is 0 Å². The van der Waals surface area contributed by atoms with Gasteiger partial charge in [-0.25, -0.2) is 15.0 Å². The van der Waals surface area contributed by atoms with Gasteiger partial charge in [0.15, 0.2) is 17.5 Å². The van der Waals surface area contributed by atoms with E-state index in [1.807, 2.05) is 36.4 Å². The van der Waals surface area contributed by atoms with Gasteiger partial charge in [-0.05, 0) is 51.6 Å². The summed E-state index contributed by atoms with van der Waals surface area (Å²) in [6, 6.07) is 60.5. The van der Waals surface area contributed by atoms with Crippen LogP contribution in [0.1, 0.15) is 0 Å². The van der Waals surface area contributed by atoms with Gasteiger partial charge in [0.2, 0.25) is 0 Å². The lowest BCUT2D eigenvalue weighted by atomic mass is 10.0. The van der Waals surface area contributed by atoms with E-state index in [4.69, 9.17) is 19.4 Å². The maximum absolute atomic E-state index is 6.55. The highest BCUT2D eigenvalue weighted by Gasteiger charge is 2.18. The quantitative estimate of drug-likeness (QED) is 0.184. The van der Waals surface area contributed by atoms with Gasteiger partial charge in [-0.1, -0.05) is 158 Å². The molecule has 0 spiro atoms. The SMILES string of the molecule is c1ccc(-c2ccc(-c3nc(-c4ccc(-c5ccccc5)cc4)nc(-c4cccc5c4oc4ccc(-c6ccccc6)cc45)n3)cc2)cc1. The van der Waals surface area contributed by atoms with E-state index in [2.05, 4.69) is 140 Å². The molecule has 230 valence electrons. The predicted octanol–water partition coefficient (Wildman–Crippen LogP) is 11.8. The van der Waals surface area contributed by atoms with Crippen molar-refractivity contribution in [3.8, 4) is 67.5 Å². The van der Waals surface area contributed by atoms with Crippen LogP contribution in [0.2, 0.25) is 0 Å². The van der Waals surface area contributed by atoms with Crippen molar-refractivity contribution < 1.29 is 4.42 Å². The zero-order valence-corrected chi connectivity index (χ0v) is 26.5. The monoisotopic (exact) mass is 627 g/mol. The summed E-state index contributed by atoms with van der Waals surface area (Å²) in [5.74, 6) is 1.77. The van der Waals surface area contributed by atoms with E-state index in [0.717, 1.165) is 66.4 Å². The number of hydrogen-bond acceptors (Lipinski definition) is 4. The minimum atomic E-state index is 0.562. The molecule has 0 amide bonds. The number of rotatable bonds is 6. The van der Waals surface area contributed by atoms with Crippen molar-refractivity contribution in [2.24, 2.45) is 0 Å². The third-order valence-electron chi connectivity index (χ3n) is 8.98. The van der Waals surface area contributed by atoms with Gasteiger partial charge < -0.3 is 4.42 Å². The Morgan fingerprint density at radius 3 is 1.27 bits per heavy atom. The van der Waals surface area contributed by atoms with Crippen LogP contribution in [0.5, 0.6) is 0 Å². The van der Waals surface area contributed by atoms with Crippen molar-refractivity contribution in [2.45, 2.75) is 0 Å². The second kappa shape index (κ2) is 12.2. The Hall–Kier alpha value is -6.65. The first-order valence-electron chi connectivity index (χ1n) is 16.4. The summed E-state index contributed by atoms with van der Waals surface area (Å²) >= 11 is 0. The Morgan fingerprint density at radius 1 is 0.306 bits per heavy atom. The molecule has 0 atom stereocenters. The molecule has 0 aliphatic carbocycles. The number of fused-ring (bicyclic) bond motifs is 3. The van der Waals surface area contributed by atoms with Gasteiger partial charge in [-0.15, -0.1) is 0 Å². The molecule has 0 fully saturated rings. The number of aromatic nitrogens is 3. The van der Waals surface area contributed by atoms with Crippen molar-refractivity contribution in [1.29, 1.82) is 0 Å². The molecule has 0 bridgehead atoms. The van der Waals surface area contributed by atoms with Gasteiger partial charge >= 0.3 is 0 Å². The maximum atomic E-state index is 6.55. The van der Waals surface area contributed by atoms with Gasteiger partial charge in [0.25, 0.3) is 0 Å². The van der Waals surface area contributed by atoms with Crippen LogP contribution in [0.15, 0.2) is 180 Å². The maximum Gasteiger partial charge on any atom is 0.167 e. The molecule has 0 radical (unpaired) electrons. The molecule has 49 heavy (non-hydrogen) atoms. The number of hydrogen-bond donors (Lipinski definition) is 0. The Balaban J connectivity index is 1.18. The predicted molar refractivity (Wildman–Crippen MR) is 200 cm³/mol. The Kier molecular flexibility index (Phi) is 7.10. The van der Waals surface area contributed by atoms with E-state index in [1.54, 1.807) is 0 Å². The van der Waals surface area contributed by atoms with E-state index < -0.39 is 0 Å². The molecular formula is C45H29N3O. The summed E-state index contributed by atoms with van der Waals surface area (Å²) in [7, 11) is 0. The summed E-state index contributed by atoms with van der Waals surface area (Å²) in [5, 5.41) is 2.08. The van der Waals surface area contributed by atoms with Crippen LogP contribution >= 0.6 is 0 Å². The molecule has 0 aliphatic heterocycles. The molecule has 9 rings (SSSR count). The Labute approximate surface area is 284 Å². The fraction of sp³-hybridized carbons (Fsp3) is 0. The first kappa shape index (κ1) is 28.6. The van der Waals surface area contributed by atoms with Crippen molar-refractivity contribution in [3.63, 3.8) is 0 Å². The van der Waals surface area contributed by atoms with Gasteiger partial charge in [0.05, 0.1) is 5.56 Å². The highest BCUT2D eigenvalue weighted by atomic mass is 16.3. The van der Waals surface area contributed by atoms with E-state index in [1.165, 1.54) is 5.56 Å². The molecule has 0 N–H and O–H groups in total. The van der Waals surface area contributed by atoms with Crippen LogP contribution in [-0.2, 0) is 0 Å². The zero-order chi connectivity index (χ0) is 32.6. The standard InChI is InChI=1S/C45H29N3O/c1-4-11-30(12-5-1)33-19-23-35(24-20-33)43-46-44(36-25-21-34(22-26-36)31-13-6-2-7-14-31)48-45(47-43)39-18-10-17-38-40-29-37(32-15-8-3-9-16-32)27-28-41(40)49-42(38)39/h1-29H. The molecule has 4 heteroatoms. The van der Waals surface area contributed by atoms with Crippen LogP contribution in [0.3, 0.4) is 0 Å². The van der Waals surface area contributed by atoms with E-state index in [9.17, 15) is 0 Å². The number of furan rings is 1. The second-order valence-corrected chi connectivity index (χ2v) is 12.1. The minimum absolute atomic E-state index is 0.562. The molecule has 4 nitrogen and oxygen atoms in total. The Morgan fingerprint density at radius 2 is 0.735 bits per heavy atom. The topological polar surface area (TPSA) is 51.8 Å². The molecule has 2 aromatic heterocycles. The average molecular weight is 628 g/mol. The molecule has 7 aromatic carbocycles. The van der Waals surface area contributed by atoms with Crippen molar-refractivity contribution >= 4 is 21.9 Å². The smallest absolute Gasteiger partial charge is 0.167 e. The summed E-state index contributed by atoms with van der Waals surface area (Å²) in [4.78, 5) is 15.2. The van der Waals surface area contributed by atoms with Crippen molar-refractivity contribution in [3.05, 3.63) is 176 Å². The molecule has 0 saturated carbocycles. The average Bonchev–Trinajstić information content (AvgIpc) is 3.57. The van der Waals surface area contributed by atoms with Crippen LogP contribution in [0.25, 0.3) is 89.5 Å². The summed E-state index contributed by atoms with van der Waals surface area (Å²) in [5.41, 5.74) is 11.1. The van der Waals surface area contributed by atoms with E-state index in [0.29, 0.717) is 17.5 Å². The summed E-state index contributed by atoms with van der Waals surface area (Å²) < 4.78 is 6.55. The number of para-hydroxylation sites is 1. The van der Waals surface area contributed by atoms with Gasteiger partial charge in [-0.2, -0.15) is 0 Å². The highest BCUT2D eigenvalue weighted by Crippen LogP contribution is 2.38. The van der Waals surface area contributed by atoms with Gasteiger partial charge in [-0.3, -0.25) is 0 Å². The first-order valence-corrected chi connectivity index (χ1v) is 16.4. The number of nitrogens with zero attached hydrogens (tertiary/aromatic N) is 3. The van der Waals surface area contributed by atoms with Gasteiger partial charge in [0, 0.05) is 21.9 Å². The fourth-order valence-electron chi connectivity index (χ4n) is 6.42. The normalized spacial score (nSPS) is 11.3. The first-order chi connectivity index (χ1) is 24.3. The molecule has 9 aromatic rings. The fourth-order valence-corrected chi connectivity index (χ4v) is 6.42. The lowest BCUT2D eigenvalue weighted by Crippen LogP contribution is -2.00. The minimum Gasteiger partial charge on any atom is -0.455 e. The second-order valence-electron chi connectivity index (χ2n) is 12.1. The van der Waals surface area contributed by atoms with Gasteiger partial charge in [0.1, 0.15) is 11.2 Å². The molecule has 0 aliphatic rings. The van der Waals surface area contributed by atoms with Crippen molar-refractivity contribution in [1.82, 2.24) is 15.0 Å². The van der Waals surface area contributed by atoms with E-state index >= 15 is 0 Å². The lowest BCUT2D eigenvalue weighted by molar-refractivity contribution is 0.669. The molecule has 0 saturated heterocycles. The Bertz CT molecular complexity index is 2460. The highest BCUT2D eigenvalue weighted by molar-refractivity contribution is 6.10. The van der Waals surface area contributed by atoms with E-state index in [-0.39, 0.29) is 0 Å². The number of benzene rings is 7. The third-order valence-corrected chi connectivity index (χ3v) is 8.98. The van der Waals surface area contributed by atoms with Crippen molar-refractivity contribution in [2.75, 3.05) is 0 Å². The lowest BCUT2D eigenvalue weighted by Gasteiger charge is -2.10. The molecule has 0 unspecified atom stereocenters. The largest absolute Gasteiger partial charge is 0.455 e.